The number of carbonyl (C=O) groups is 2. The van der Waals surface area contributed by atoms with E-state index in [1.165, 1.54) is 96.3 Å². The summed E-state index contributed by atoms with van der Waals surface area (Å²) in [5.41, 5.74) is 0.0783. The Kier molecular flexibility index (Phi) is 14.2. The number of carbonyl (C=O) groups excluding carboxylic acids is 2. The van der Waals surface area contributed by atoms with E-state index in [0.717, 1.165) is 50.9 Å². The first-order valence-corrected chi connectivity index (χ1v) is 21.5. The Morgan fingerprint density at radius 2 is 1.31 bits per heavy atom. The molecule has 0 saturated heterocycles. The van der Waals surface area contributed by atoms with Gasteiger partial charge in [-0.2, -0.15) is 0 Å². The topological polar surface area (TPSA) is 74.6 Å². The molecule has 10 unspecified atom stereocenters. The van der Waals surface area contributed by atoms with Crippen molar-refractivity contribution in [2.24, 2.45) is 58.2 Å². The quantitative estimate of drug-likeness (QED) is 0.256. The molecule has 0 aromatic rings. The van der Waals surface area contributed by atoms with E-state index in [0.29, 0.717) is 72.8 Å². The molecule has 0 aliphatic heterocycles. The van der Waals surface area contributed by atoms with Gasteiger partial charge in [-0.3, -0.25) is 9.59 Å². The summed E-state index contributed by atoms with van der Waals surface area (Å²) in [6.07, 6.45) is 28.4. The van der Waals surface area contributed by atoms with Gasteiger partial charge < -0.3 is 10.2 Å². The van der Waals surface area contributed by atoms with Gasteiger partial charge in [0.25, 0.3) is 0 Å². The van der Waals surface area contributed by atoms with Gasteiger partial charge in [0.1, 0.15) is 11.6 Å². The zero-order valence-corrected chi connectivity index (χ0v) is 31.9. The van der Waals surface area contributed by atoms with Crippen LogP contribution in [-0.4, -0.2) is 34.0 Å². The highest BCUT2D eigenvalue weighted by molar-refractivity contribution is 5.82. The van der Waals surface area contributed by atoms with Crippen LogP contribution in [0.3, 0.4) is 0 Å². The lowest BCUT2D eigenvalue weighted by Crippen LogP contribution is -2.62. The van der Waals surface area contributed by atoms with E-state index in [1.807, 2.05) is 0 Å². The van der Waals surface area contributed by atoms with E-state index in [-0.39, 0.29) is 29.0 Å². The molecule has 2 N–H and O–H groups in total. The molecule has 5 aliphatic rings. The lowest BCUT2D eigenvalue weighted by Gasteiger charge is -2.63. The number of Topliss-reactive ketones (excluding diaryl/α,β-unsaturated/α-hetero) is 2. The zero-order chi connectivity index (χ0) is 34.3. The Hall–Kier alpha value is -0.740. The van der Waals surface area contributed by atoms with Crippen LogP contribution in [0.1, 0.15) is 195 Å². The van der Waals surface area contributed by atoms with Crippen molar-refractivity contribution in [3.05, 3.63) is 0 Å². The lowest BCUT2D eigenvalue weighted by molar-refractivity contribution is -0.203. The Morgan fingerprint density at radius 1 is 0.708 bits per heavy atom. The number of rotatable bonds is 9. The average Bonchev–Trinajstić information content (AvgIpc) is 3.41. The van der Waals surface area contributed by atoms with Crippen molar-refractivity contribution in [3.63, 3.8) is 0 Å². The van der Waals surface area contributed by atoms with Crippen molar-refractivity contribution in [3.8, 4) is 0 Å². The zero-order valence-electron chi connectivity index (χ0n) is 31.9. The van der Waals surface area contributed by atoms with Gasteiger partial charge in [0.2, 0.25) is 0 Å². The largest absolute Gasteiger partial charge is 0.393 e. The maximum atomic E-state index is 13.3. The van der Waals surface area contributed by atoms with Gasteiger partial charge in [-0.25, -0.2) is 0 Å². The maximum absolute atomic E-state index is 13.3. The molecule has 5 fully saturated rings. The standard InChI is InChI=1S/C44H76O4/c1-31-26-27-43(3)34(28-31)29-40(47)42-37-25-24-36(44(37,4)41(48)30-38(42)43)32(2)22-23-35(45)20-17-21-39(46)33-18-15-13-11-9-7-5-6-8-10-12-14-16-19-33/h31-34,36-38,40-42,47-48H,5-30H2,1-4H3/t31?,32-,34?,36?,37?,38?,40?,41?,42?,43?,44?/m1/s1. The molecule has 0 bridgehead atoms. The number of hydrogen-bond donors (Lipinski definition) is 2. The van der Waals surface area contributed by atoms with Crippen molar-refractivity contribution in [1.29, 1.82) is 0 Å². The van der Waals surface area contributed by atoms with Crippen LogP contribution < -0.4 is 0 Å². The summed E-state index contributed by atoms with van der Waals surface area (Å²) in [4.78, 5) is 26.4. The molecule has 0 radical (unpaired) electrons. The smallest absolute Gasteiger partial charge is 0.135 e. The number of aliphatic hydroxyl groups excluding tert-OH is 2. The highest BCUT2D eigenvalue weighted by Crippen LogP contribution is 2.68. The minimum Gasteiger partial charge on any atom is -0.393 e. The van der Waals surface area contributed by atoms with Crippen LogP contribution in [0.4, 0.5) is 0 Å². The fourth-order valence-corrected chi connectivity index (χ4v) is 12.8. The summed E-state index contributed by atoms with van der Waals surface area (Å²) in [6.45, 7) is 9.54. The molecule has 0 amide bonds. The van der Waals surface area contributed by atoms with E-state index in [4.69, 9.17) is 0 Å². The second-order valence-electron chi connectivity index (χ2n) is 18.9. The number of ketones is 2. The summed E-state index contributed by atoms with van der Waals surface area (Å²) < 4.78 is 0. The fourth-order valence-electron chi connectivity index (χ4n) is 12.8. The molecular formula is C44H76O4. The van der Waals surface area contributed by atoms with Crippen LogP contribution in [-0.2, 0) is 9.59 Å². The fraction of sp³-hybridized carbons (Fsp3) is 0.955. The third kappa shape index (κ3) is 8.82. The first-order chi connectivity index (χ1) is 23.1. The molecule has 0 heterocycles. The van der Waals surface area contributed by atoms with E-state index in [9.17, 15) is 19.8 Å². The third-order valence-electron chi connectivity index (χ3n) is 15.9. The summed E-state index contributed by atoms with van der Waals surface area (Å²) in [5, 5.41) is 23.6. The van der Waals surface area contributed by atoms with Crippen molar-refractivity contribution >= 4 is 11.6 Å². The molecule has 0 aromatic carbocycles. The third-order valence-corrected chi connectivity index (χ3v) is 15.9. The molecule has 0 spiro atoms. The van der Waals surface area contributed by atoms with Crippen LogP contribution in [0.15, 0.2) is 0 Å². The van der Waals surface area contributed by atoms with Crippen LogP contribution in [0.5, 0.6) is 0 Å². The highest BCUT2D eigenvalue weighted by Gasteiger charge is 2.65. The molecule has 0 aromatic heterocycles. The molecule has 48 heavy (non-hydrogen) atoms. The Balaban J connectivity index is 1.08. The van der Waals surface area contributed by atoms with Crippen LogP contribution in [0.2, 0.25) is 0 Å². The van der Waals surface area contributed by atoms with Gasteiger partial charge in [0.15, 0.2) is 0 Å². The molecule has 5 saturated carbocycles. The van der Waals surface area contributed by atoms with Crippen LogP contribution >= 0.6 is 0 Å². The monoisotopic (exact) mass is 669 g/mol. The maximum Gasteiger partial charge on any atom is 0.135 e. The summed E-state index contributed by atoms with van der Waals surface area (Å²) >= 11 is 0. The van der Waals surface area contributed by atoms with Gasteiger partial charge in [-0.05, 0) is 116 Å². The van der Waals surface area contributed by atoms with E-state index in [2.05, 4.69) is 27.7 Å². The Bertz CT molecular complexity index is 1010. The van der Waals surface area contributed by atoms with Gasteiger partial charge in [-0.15, -0.1) is 0 Å². The summed E-state index contributed by atoms with van der Waals surface area (Å²) in [6, 6.07) is 0. The average molecular weight is 669 g/mol. The minimum absolute atomic E-state index is 0.173. The lowest BCUT2D eigenvalue weighted by atomic mass is 9.42. The molecule has 5 rings (SSSR count). The number of fused-ring (bicyclic) bond motifs is 5. The van der Waals surface area contributed by atoms with Crippen LogP contribution in [0.25, 0.3) is 0 Å². The highest BCUT2D eigenvalue weighted by atomic mass is 16.3. The first-order valence-electron chi connectivity index (χ1n) is 21.5. The van der Waals surface area contributed by atoms with Crippen molar-refractivity contribution in [2.45, 2.75) is 207 Å². The molecule has 11 atom stereocenters. The van der Waals surface area contributed by atoms with Crippen molar-refractivity contribution < 1.29 is 19.8 Å². The Labute approximate surface area is 295 Å². The Morgan fingerprint density at radius 3 is 1.94 bits per heavy atom. The predicted octanol–water partition coefficient (Wildman–Crippen LogP) is 11.0. The van der Waals surface area contributed by atoms with Crippen molar-refractivity contribution in [1.82, 2.24) is 0 Å². The van der Waals surface area contributed by atoms with Crippen LogP contribution in [0, 0.1) is 58.2 Å². The second kappa shape index (κ2) is 17.7. The van der Waals surface area contributed by atoms with Gasteiger partial charge in [-0.1, -0.05) is 111 Å². The normalized spacial score (nSPS) is 41.2. The predicted molar refractivity (Wildman–Crippen MR) is 198 cm³/mol. The van der Waals surface area contributed by atoms with Gasteiger partial charge in [0, 0.05) is 25.2 Å². The van der Waals surface area contributed by atoms with E-state index >= 15 is 0 Å². The second-order valence-corrected chi connectivity index (χ2v) is 18.9. The molecule has 276 valence electrons. The molecule has 4 nitrogen and oxygen atoms in total. The van der Waals surface area contributed by atoms with E-state index < -0.39 is 0 Å². The van der Waals surface area contributed by atoms with Crippen molar-refractivity contribution in [2.75, 3.05) is 0 Å². The number of aliphatic hydroxyl groups is 2. The molecular weight excluding hydrogens is 592 g/mol. The van der Waals surface area contributed by atoms with Gasteiger partial charge >= 0.3 is 0 Å². The summed E-state index contributed by atoms with van der Waals surface area (Å²) in [5.74, 6) is 4.17. The minimum atomic E-state index is -0.322. The summed E-state index contributed by atoms with van der Waals surface area (Å²) in [7, 11) is 0. The SMILES string of the molecule is CC1CCC2(C)C(C1)CC(O)C1C2CC(O)C2(C)C1CCC2[C@H](C)CCC(=O)CCCC(=O)C1CCCCCCCCCCCCCC1. The van der Waals surface area contributed by atoms with E-state index in [1.54, 1.807) is 0 Å². The molecule has 4 heteroatoms. The van der Waals surface area contributed by atoms with Gasteiger partial charge in [0.05, 0.1) is 12.2 Å². The number of hydrogen-bond acceptors (Lipinski definition) is 4. The molecule has 5 aliphatic carbocycles. The first kappa shape index (κ1) is 38.5.